The van der Waals surface area contributed by atoms with Crippen molar-refractivity contribution in [2.45, 2.75) is 31.6 Å². The highest BCUT2D eigenvalue weighted by Gasteiger charge is 2.43. The second kappa shape index (κ2) is 3.75. The van der Waals surface area contributed by atoms with Gasteiger partial charge in [0.2, 0.25) is 0 Å². The lowest BCUT2D eigenvalue weighted by atomic mass is 9.86. The molecular formula is C13H19NO2. The van der Waals surface area contributed by atoms with Gasteiger partial charge >= 0.3 is 0 Å². The van der Waals surface area contributed by atoms with E-state index in [1.807, 2.05) is 57.1 Å². The summed E-state index contributed by atoms with van der Waals surface area (Å²) < 4.78 is 5.84. The van der Waals surface area contributed by atoms with Crippen molar-refractivity contribution in [1.29, 1.82) is 0 Å². The van der Waals surface area contributed by atoms with Crippen LogP contribution in [0, 0.1) is 0 Å². The van der Waals surface area contributed by atoms with E-state index in [2.05, 4.69) is 0 Å². The van der Waals surface area contributed by atoms with Gasteiger partial charge in [-0.1, -0.05) is 18.2 Å². The zero-order valence-electron chi connectivity index (χ0n) is 10.3. The maximum atomic E-state index is 10.3. The van der Waals surface area contributed by atoms with Gasteiger partial charge in [0.25, 0.3) is 0 Å². The van der Waals surface area contributed by atoms with Crippen molar-refractivity contribution >= 4 is 0 Å². The topological polar surface area (TPSA) is 32.7 Å². The highest BCUT2D eigenvalue weighted by molar-refractivity contribution is 5.40. The van der Waals surface area contributed by atoms with E-state index >= 15 is 0 Å². The lowest BCUT2D eigenvalue weighted by Gasteiger charge is -2.44. The summed E-state index contributed by atoms with van der Waals surface area (Å²) in [7, 11) is 3.96. The van der Waals surface area contributed by atoms with Crippen molar-refractivity contribution in [2.24, 2.45) is 0 Å². The third kappa shape index (κ3) is 1.70. The summed E-state index contributed by atoms with van der Waals surface area (Å²) in [5.74, 6) is 0.872. The van der Waals surface area contributed by atoms with Crippen LogP contribution >= 0.6 is 0 Å². The molecule has 0 saturated heterocycles. The van der Waals surface area contributed by atoms with Gasteiger partial charge < -0.3 is 9.84 Å². The second-order valence-electron chi connectivity index (χ2n) is 5.10. The Hall–Kier alpha value is -1.06. The summed E-state index contributed by atoms with van der Waals surface area (Å²) in [6.07, 6.45) is -0.530. The van der Waals surface area contributed by atoms with Gasteiger partial charge in [-0.25, -0.2) is 0 Å². The number of hydrogen-bond acceptors (Lipinski definition) is 3. The number of likely N-dealkylation sites (N-methyl/N-ethyl adjacent to an activating group) is 1. The van der Waals surface area contributed by atoms with Crippen molar-refractivity contribution in [3.8, 4) is 5.75 Å². The Kier molecular flexibility index (Phi) is 2.68. The van der Waals surface area contributed by atoms with Crippen molar-refractivity contribution in [1.82, 2.24) is 4.90 Å². The molecule has 0 fully saturated rings. The second-order valence-corrected chi connectivity index (χ2v) is 5.10. The fourth-order valence-corrected chi connectivity index (χ4v) is 2.27. The first-order valence-electron chi connectivity index (χ1n) is 5.56. The minimum Gasteiger partial charge on any atom is -0.485 e. The molecule has 1 N–H and O–H groups in total. The summed E-state index contributed by atoms with van der Waals surface area (Å²) >= 11 is 0. The number of benzene rings is 1. The Labute approximate surface area is 96.6 Å². The number of fused-ring (bicyclic) bond motifs is 1. The van der Waals surface area contributed by atoms with Gasteiger partial charge in [-0.05, 0) is 34.0 Å². The van der Waals surface area contributed by atoms with Crippen molar-refractivity contribution in [2.75, 3.05) is 14.1 Å². The third-order valence-electron chi connectivity index (χ3n) is 3.18. The van der Waals surface area contributed by atoms with Gasteiger partial charge in [0, 0.05) is 5.56 Å². The summed E-state index contributed by atoms with van der Waals surface area (Å²) in [6.45, 7) is 3.84. The first-order valence-corrected chi connectivity index (χ1v) is 5.56. The van der Waals surface area contributed by atoms with Gasteiger partial charge in [0.15, 0.2) is 0 Å². The lowest BCUT2D eigenvalue weighted by Crippen LogP contribution is -2.52. The lowest BCUT2D eigenvalue weighted by molar-refractivity contribution is -0.0848. The molecule has 2 rings (SSSR count). The Balaban J connectivity index is 2.51. The molecule has 0 unspecified atom stereocenters. The number of hydrogen-bond donors (Lipinski definition) is 1. The van der Waals surface area contributed by atoms with E-state index in [4.69, 9.17) is 4.74 Å². The Morgan fingerprint density at radius 1 is 1.25 bits per heavy atom. The molecule has 0 aliphatic carbocycles. The molecule has 2 atom stereocenters. The number of para-hydroxylation sites is 1. The first-order chi connectivity index (χ1) is 7.43. The zero-order chi connectivity index (χ0) is 11.9. The number of aliphatic hydroxyl groups excluding tert-OH is 1. The molecule has 0 radical (unpaired) electrons. The average Bonchev–Trinajstić information content (AvgIpc) is 2.18. The van der Waals surface area contributed by atoms with Gasteiger partial charge in [-0.3, -0.25) is 4.90 Å². The molecule has 88 valence electrons. The van der Waals surface area contributed by atoms with Crippen molar-refractivity contribution in [3.63, 3.8) is 0 Å². The number of rotatable bonds is 1. The largest absolute Gasteiger partial charge is 0.485 e. The van der Waals surface area contributed by atoms with Crippen molar-refractivity contribution < 1.29 is 9.84 Å². The quantitative estimate of drug-likeness (QED) is 0.785. The molecule has 1 aromatic carbocycles. The molecule has 1 aromatic rings. The molecule has 3 heteroatoms. The van der Waals surface area contributed by atoms with Crippen LogP contribution in [0.15, 0.2) is 24.3 Å². The summed E-state index contributed by atoms with van der Waals surface area (Å²) in [5, 5.41) is 10.3. The molecule has 1 aliphatic heterocycles. The van der Waals surface area contributed by atoms with Crippen LogP contribution in [-0.4, -0.2) is 35.8 Å². The molecule has 0 spiro atoms. The summed E-state index contributed by atoms with van der Waals surface area (Å²) in [5.41, 5.74) is 0.503. The fraction of sp³-hybridized carbons (Fsp3) is 0.538. The van der Waals surface area contributed by atoms with Gasteiger partial charge in [-0.15, -0.1) is 0 Å². The minimum absolute atomic E-state index is 0.0139. The Morgan fingerprint density at radius 3 is 2.50 bits per heavy atom. The van der Waals surface area contributed by atoms with E-state index in [9.17, 15) is 5.11 Å². The maximum Gasteiger partial charge on any atom is 0.131 e. The van der Waals surface area contributed by atoms with Crippen molar-refractivity contribution in [3.05, 3.63) is 29.8 Å². The fourth-order valence-electron chi connectivity index (χ4n) is 2.27. The molecule has 1 heterocycles. The molecule has 16 heavy (non-hydrogen) atoms. The normalized spacial score (nSPS) is 27.4. The predicted molar refractivity (Wildman–Crippen MR) is 63.6 cm³/mol. The van der Waals surface area contributed by atoms with E-state index in [0.29, 0.717) is 0 Å². The summed E-state index contributed by atoms with van der Waals surface area (Å²) in [6, 6.07) is 7.89. The molecule has 0 bridgehead atoms. The molecule has 0 amide bonds. The average molecular weight is 221 g/mol. The van der Waals surface area contributed by atoms with Crippen LogP contribution in [0.1, 0.15) is 25.5 Å². The van der Waals surface area contributed by atoms with E-state index in [-0.39, 0.29) is 6.04 Å². The van der Waals surface area contributed by atoms with Crippen LogP contribution in [0.5, 0.6) is 5.75 Å². The van der Waals surface area contributed by atoms with Crippen LogP contribution < -0.4 is 4.74 Å². The Morgan fingerprint density at radius 2 is 1.88 bits per heavy atom. The standard InChI is InChI=1S/C13H19NO2/c1-13(2)12(15)11(14(3)4)9-7-5-6-8-10(9)16-13/h5-8,11-12,15H,1-4H3/t11-,12+/m1/s1. The Bertz CT molecular complexity index is 387. The van der Waals surface area contributed by atoms with E-state index in [1.54, 1.807) is 0 Å². The highest BCUT2D eigenvalue weighted by Crippen LogP contribution is 2.41. The highest BCUT2D eigenvalue weighted by atomic mass is 16.5. The van der Waals surface area contributed by atoms with Crippen LogP contribution in [0.3, 0.4) is 0 Å². The number of nitrogens with zero attached hydrogens (tertiary/aromatic N) is 1. The van der Waals surface area contributed by atoms with Crippen LogP contribution in [-0.2, 0) is 0 Å². The van der Waals surface area contributed by atoms with Crippen LogP contribution in [0.4, 0.5) is 0 Å². The number of ether oxygens (including phenoxy) is 1. The smallest absolute Gasteiger partial charge is 0.131 e. The van der Waals surface area contributed by atoms with E-state index in [1.165, 1.54) is 0 Å². The predicted octanol–water partition coefficient (Wildman–Crippen LogP) is 1.82. The molecular weight excluding hydrogens is 202 g/mol. The molecule has 0 aromatic heterocycles. The maximum absolute atomic E-state index is 10.3. The first kappa shape index (κ1) is 11.4. The summed E-state index contributed by atoms with van der Waals surface area (Å²) in [4.78, 5) is 2.04. The monoisotopic (exact) mass is 221 g/mol. The van der Waals surface area contributed by atoms with E-state index in [0.717, 1.165) is 11.3 Å². The van der Waals surface area contributed by atoms with Gasteiger partial charge in [0.05, 0.1) is 6.04 Å². The van der Waals surface area contributed by atoms with Crippen LogP contribution in [0.25, 0.3) is 0 Å². The van der Waals surface area contributed by atoms with Gasteiger partial charge in [-0.2, -0.15) is 0 Å². The molecule has 1 aliphatic rings. The molecule has 3 nitrogen and oxygen atoms in total. The van der Waals surface area contributed by atoms with E-state index < -0.39 is 11.7 Å². The zero-order valence-corrected chi connectivity index (χ0v) is 10.3. The molecule has 0 saturated carbocycles. The third-order valence-corrected chi connectivity index (χ3v) is 3.18. The SMILES string of the molecule is CN(C)[C@@H]1c2ccccc2OC(C)(C)[C@H]1O. The number of aliphatic hydroxyl groups is 1. The minimum atomic E-state index is -0.552. The van der Waals surface area contributed by atoms with Gasteiger partial charge in [0.1, 0.15) is 17.5 Å². The van der Waals surface area contributed by atoms with Crippen LogP contribution in [0.2, 0.25) is 0 Å².